The third-order valence-corrected chi connectivity index (χ3v) is 8.85. The highest BCUT2D eigenvalue weighted by molar-refractivity contribution is 5.84. The van der Waals surface area contributed by atoms with Crippen LogP contribution in [0.1, 0.15) is 148 Å². The number of carbonyl (C=O) groups excluding carboxylic acids is 2. The summed E-state index contributed by atoms with van der Waals surface area (Å²) in [6.07, 6.45) is 19.2. The predicted molar refractivity (Wildman–Crippen MR) is 201 cm³/mol. The molecule has 0 spiro atoms. The van der Waals surface area contributed by atoms with Crippen LogP contribution in [0.5, 0.6) is 0 Å². The van der Waals surface area contributed by atoms with Gasteiger partial charge in [-0.1, -0.05) is 89.9 Å². The van der Waals surface area contributed by atoms with Gasteiger partial charge in [0.1, 0.15) is 18.3 Å². The average molecular weight is 762 g/mol. The monoisotopic (exact) mass is 762 g/mol. The zero-order valence-corrected chi connectivity index (χ0v) is 32.0. The van der Waals surface area contributed by atoms with Crippen molar-refractivity contribution in [3.05, 3.63) is 0 Å². The summed E-state index contributed by atoms with van der Waals surface area (Å²) < 4.78 is 10.7. The zero-order chi connectivity index (χ0) is 39.4. The minimum absolute atomic E-state index is 0.0120. The van der Waals surface area contributed by atoms with Gasteiger partial charge in [-0.2, -0.15) is 0 Å². The van der Waals surface area contributed by atoms with E-state index in [1.807, 2.05) is 0 Å². The second-order valence-electron chi connectivity index (χ2n) is 13.6. The van der Waals surface area contributed by atoms with Crippen molar-refractivity contribution in [3.63, 3.8) is 0 Å². The van der Waals surface area contributed by atoms with Crippen LogP contribution in [0.2, 0.25) is 0 Å². The number of carbonyl (C=O) groups is 5. The van der Waals surface area contributed by atoms with E-state index in [0.717, 1.165) is 38.5 Å². The highest BCUT2D eigenvalue weighted by Gasteiger charge is 2.21. The molecule has 0 aliphatic heterocycles. The highest BCUT2D eigenvalue weighted by Crippen LogP contribution is 2.14. The van der Waals surface area contributed by atoms with Gasteiger partial charge in [0.15, 0.2) is 0 Å². The summed E-state index contributed by atoms with van der Waals surface area (Å²) in [5.41, 5.74) is 2.24. The summed E-state index contributed by atoms with van der Waals surface area (Å²) >= 11 is 0. The summed E-state index contributed by atoms with van der Waals surface area (Å²) in [6, 6.07) is -1.92. The Bertz CT molecular complexity index is 960. The van der Waals surface area contributed by atoms with Crippen LogP contribution in [-0.4, -0.2) is 108 Å². The maximum Gasteiger partial charge on any atom is 0.326 e. The van der Waals surface area contributed by atoms with E-state index >= 15 is 0 Å². The van der Waals surface area contributed by atoms with Crippen LogP contribution in [0, 0.1) is 0 Å². The first-order chi connectivity index (χ1) is 25.6. The van der Waals surface area contributed by atoms with Crippen molar-refractivity contribution in [2.45, 2.75) is 166 Å². The maximum absolute atomic E-state index is 12.3. The molecule has 10 N–H and O–H groups in total. The highest BCUT2D eigenvalue weighted by atomic mass is 16.5. The van der Waals surface area contributed by atoms with E-state index in [9.17, 15) is 34.2 Å². The Morgan fingerprint density at radius 3 is 1.55 bits per heavy atom. The van der Waals surface area contributed by atoms with Crippen LogP contribution in [0.25, 0.3) is 0 Å². The SMILES string of the molecule is NN[C@@H](CCCCNC(O)COCCOCCNC(=O)CCC(NC(=O)CCCCCCCCCCCCCCCCCCC(=O)O)C(=O)O)C(=O)O. The van der Waals surface area contributed by atoms with Crippen LogP contribution >= 0.6 is 0 Å². The Kier molecular flexibility index (Phi) is 34.1. The first kappa shape index (κ1) is 50.1. The van der Waals surface area contributed by atoms with Crippen molar-refractivity contribution in [2.75, 3.05) is 39.5 Å². The fourth-order valence-electron chi connectivity index (χ4n) is 5.68. The molecule has 310 valence electrons. The standard InChI is InChI=1S/C37H71N5O11/c38-42-31(37(50)51)19-17-18-24-39-34(45)29-53-28-27-52-26-25-40-32(43)23-22-30(36(48)49)41-33(44)20-15-13-11-9-7-5-3-1-2-4-6-8-10-12-14-16-21-35(46)47/h30-31,34,39,42,45H,1-29,38H2,(H,40,43)(H,41,44)(H,46,47)(H,48,49)(H,50,51)/t30?,31-,34?/m0/s1. The van der Waals surface area contributed by atoms with Gasteiger partial charge in [0, 0.05) is 25.8 Å². The lowest BCUT2D eigenvalue weighted by molar-refractivity contribution is -0.142. The number of hydrogen-bond acceptors (Lipinski definition) is 11. The van der Waals surface area contributed by atoms with Crippen LogP contribution in [0.3, 0.4) is 0 Å². The molecule has 0 rings (SSSR count). The fraction of sp³-hybridized carbons (Fsp3) is 0.865. The number of carboxylic acids is 3. The second-order valence-corrected chi connectivity index (χ2v) is 13.6. The first-order valence-electron chi connectivity index (χ1n) is 19.8. The number of aliphatic hydroxyl groups is 1. The number of unbranched alkanes of at least 4 members (excludes halogenated alkanes) is 16. The third kappa shape index (κ3) is 34.6. The summed E-state index contributed by atoms with van der Waals surface area (Å²) in [5, 5.41) is 45.0. The van der Waals surface area contributed by atoms with Gasteiger partial charge >= 0.3 is 17.9 Å². The first-order valence-corrected chi connectivity index (χ1v) is 19.8. The van der Waals surface area contributed by atoms with Crippen molar-refractivity contribution < 1.29 is 53.9 Å². The average Bonchev–Trinajstić information content (AvgIpc) is 3.11. The Hall–Kier alpha value is -2.89. The molecule has 0 fully saturated rings. The number of nitrogens with two attached hydrogens (primary N) is 1. The van der Waals surface area contributed by atoms with Gasteiger partial charge in [0.05, 0.1) is 26.4 Å². The molecule has 0 radical (unpaired) electrons. The van der Waals surface area contributed by atoms with Crippen molar-refractivity contribution in [3.8, 4) is 0 Å². The molecule has 3 atom stereocenters. The molecule has 53 heavy (non-hydrogen) atoms. The molecule has 2 amide bonds. The summed E-state index contributed by atoms with van der Waals surface area (Å²) in [5.74, 6) is 1.64. The topological polar surface area (TPSA) is 259 Å². The molecule has 16 heteroatoms. The molecule has 16 nitrogen and oxygen atoms in total. The summed E-state index contributed by atoms with van der Waals surface area (Å²) in [6.45, 7) is 1.49. The Morgan fingerprint density at radius 1 is 0.528 bits per heavy atom. The van der Waals surface area contributed by atoms with Gasteiger partial charge in [0.2, 0.25) is 11.8 Å². The quantitative estimate of drug-likeness (QED) is 0.0187. The Morgan fingerprint density at radius 2 is 1.04 bits per heavy atom. The molecule has 0 heterocycles. The fourth-order valence-corrected chi connectivity index (χ4v) is 5.68. The molecule has 2 unspecified atom stereocenters. The number of aliphatic carboxylic acids is 3. The molecule has 0 aromatic rings. The number of rotatable bonds is 40. The van der Waals surface area contributed by atoms with E-state index in [-0.39, 0.29) is 70.5 Å². The normalized spacial score (nSPS) is 12.9. The molecule has 0 aliphatic carbocycles. The summed E-state index contributed by atoms with van der Waals surface area (Å²) in [7, 11) is 0. The van der Waals surface area contributed by atoms with Gasteiger partial charge in [-0.05, 0) is 45.1 Å². The minimum Gasteiger partial charge on any atom is -0.481 e. The van der Waals surface area contributed by atoms with Gasteiger partial charge in [-0.25, -0.2) is 10.2 Å². The number of nitrogens with one attached hydrogen (secondary N) is 4. The molecule has 0 aromatic carbocycles. The smallest absolute Gasteiger partial charge is 0.326 e. The van der Waals surface area contributed by atoms with Crippen molar-refractivity contribution in [2.24, 2.45) is 5.84 Å². The van der Waals surface area contributed by atoms with Crippen molar-refractivity contribution >= 4 is 29.7 Å². The molecular weight excluding hydrogens is 690 g/mol. The molecule has 0 bridgehead atoms. The molecule has 0 saturated carbocycles. The van der Waals surface area contributed by atoms with E-state index < -0.39 is 36.2 Å². The van der Waals surface area contributed by atoms with Crippen LogP contribution in [-0.2, 0) is 33.4 Å². The predicted octanol–water partition coefficient (Wildman–Crippen LogP) is 3.59. The van der Waals surface area contributed by atoms with Gasteiger partial charge in [0.25, 0.3) is 0 Å². The number of hydrazine groups is 1. The van der Waals surface area contributed by atoms with Crippen LogP contribution < -0.4 is 27.2 Å². The lowest BCUT2D eigenvalue weighted by atomic mass is 10.0. The number of aliphatic hydroxyl groups excluding tert-OH is 1. The largest absolute Gasteiger partial charge is 0.481 e. The van der Waals surface area contributed by atoms with Crippen LogP contribution in [0.4, 0.5) is 0 Å². The van der Waals surface area contributed by atoms with E-state index in [4.69, 9.17) is 25.5 Å². The lowest BCUT2D eigenvalue weighted by Crippen LogP contribution is -2.41. The van der Waals surface area contributed by atoms with Gasteiger partial charge in [-0.15, -0.1) is 0 Å². The number of amides is 2. The molecular formula is C37H71N5O11. The minimum atomic E-state index is -1.17. The van der Waals surface area contributed by atoms with E-state index in [0.29, 0.717) is 32.2 Å². The lowest BCUT2D eigenvalue weighted by Gasteiger charge is -2.15. The van der Waals surface area contributed by atoms with E-state index in [2.05, 4.69) is 21.4 Å². The Balaban J connectivity index is 3.68. The van der Waals surface area contributed by atoms with E-state index in [1.54, 1.807) is 0 Å². The molecule has 0 aromatic heterocycles. The van der Waals surface area contributed by atoms with Crippen LogP contribution in [0.15, 0.2) is 0 Å². The summed E-state index contributed by atoms with van der Waals surface area (Å²) in [4.78, 5) is 57.5. The second kappa shape index (κ2) is 36.1. The number of hydrogen-bond donors (Lipinski definition) is 9. The maximum atomic E-state index is 12.3. The Labute approximate surface area is 316 Å². The van der Waals surface area contributed by atoms with Gasteiger partial charge in [-0.3, -0.25) is 30.3 Å². The number of carboxylic acid groups (broad SMARTS) is 3. The third-order valence-electron chi connectivity index (χ3n) is 8.85. The van der Waals surface area contributed by atoms with E-state index in [1.165, 1.54) is 57.8 Å². The zero-order valence-electron chi connectivity index (χ0n) is 32.0. The van der Waals surface area contributed by atoms with Crippen molar-refractivity contribution in [1.82, 2.24) is 21.4 Å². The molecule has 0 saturated heterocycles. The van der Waals surface area contributed by atoms with Gasteiger partial charge < -0.3 is 40.5 Å². The molecule has 0 aliphatic rings. The van der Waals surface area contributed by atoms with Crippen molar-refractivity contribution in [1.29, 1.82) is 0 Å². The number of ether oxygens (including phenoxy) is 2.